The molecule has 0 aliphatic carbocycles. The van der Waals surface area contributed by atoms with Crippen LogP contribution in [0.15, 0.2) is 72.8 Å². The quantitative estimate of drug-likeness (QED) is 0.244. The van der Waals surface area contributed by atoms with Crippen molar-refractivity contribution in [2.75, 3.05) is 7.11 Å². The number of benzene rings is 4. The molecule has 3 nitrogen and oxygen atoms in total. The molecule has 1 aliphatic rings. The fraction of sp³-hybridized carbons (Fsp3) is 0.250. The summed E-state index contributed by atoms with van der Waals surface area (Å²) in [6.07, 6.45) is -6.71. The molecule has 4 aromatic carbocycles. The Morgan fingerprint density at radius 3 is 1.95 bits per heavy atom. The van der Waals surface area contributed by atoms with Gasteiger partial charge in [-0.2, -0.15) is 26.3 Å². The standard InChI is InChI=1S/C32H26F6O3/c1-18(39)14-27-19(2)25-11-10-24(40-3)17-28(25)29-26(27)12-13-30(41-29,20-6-4-8-22(15-20)31(33,34)35)21-7-5-9-23(16-21)32(36,37)38/h4-13,15-18,39H,14H2,1-3H3. The minimum atomic E-state index is -4.69. The normalized spacial score (nSPS) is 15.4. The van der Waals surface area contributed by atoms with Gasteiger partial charge in [0.25, 0.3) is 0 Å². The Morgan fingerprint density at radius 1 is 0.854 bits per heavy atom. The maximum absolute atomic E-state index is 13.8. The molecule has 41 heavy (non-hydrogen) atoms. The number of aliphatic hydroxyl groups is 1. The number of hydrogen-bond acceptors (Lipinski definition) is 3. The van der Waals surface area contributed by atoms with E-state index in [-0.39, 0.29) is 23.3 Å². The van der Waals surface area contributed by atoms with E-state index in [0.717, 1.165) is 40.8 Å². The first kappa shape index (κ1) is 28.5. The minimum Gasteiger partial charge on any atom is -0.497 e. The number of alkyl halides is 6. The van der Waals surface area contributed by atoms with Crippen molar-refractivity contribution in [3.05, 3.63) is 112 Å². The van der Waals surface area contributed by atoms with Crippen LogP contribution in [0.2, 0.25) is 0 Å². The third-order valence-corrected chi connectivity index (χ3v) is 7.38. The van der Waals surface area contributed by atoms with Gasteiger partial charge in [0.1, 0.15) is 11.5 Å². The Labute approximate surface area is 232 Å². The van der Waals surface area contributed by atoms with Crippen LogP contribution in [0.1, 0.15) is 45.9 Å². The molecule has 0 saturated carbocycles. The molecule has 1 unspecified atom stereocenters. The number of ether oxygens (including phenoxy) is 2. The molecule has 214 valence electrons. The lowest BCUT2D eigenvalue weighted by molar-refractivity contribution is -0.138. The van der Waals surface area contributed by atoms with Gasteiger partial charge in [-0.25, -0.2) is 0 Å². The molecule has 1 N–H and O–H groups in total. The van der Waals surface area contributed by atoms with E-state index >= 15 is 0 Å². The predicted molar refractivity (Wildman–Crippen MR) is 144 cm³/mol. The third-order valence-electron chi connectivity index (χ3n) is 7.38. The number of aryl methyl sites for hydroxylation is 1. The zero-order valence-electron chi connectivity index (χ0n) is 22.3. The number of hydrogen-bond donors (Lipinski definition) is 1. The van der Waals surface area contributed by atoms with E-state index in [4.69, 9.17) is 9.47 Å². The molecule has 0 saturated heterocycles. The van der Waals surface area contributed by atoms with E-state index in [9.17, 15) is 31.4 Å². The van der Waals surface area contributed by atoms with Gasteiger partial charge in [-0.15, -0.1) is 0 Å². The molecule has 0 amide bonds. The lowest BCUT2D eigenvalue weighted by Gasteiger charge is -2.38. The Balaban J connectivity index is 1.85. The number of halogens is 6. The maximum atomic E-state index is 13.8. The van der Waals surface area contributed by atoms with Crippen LogP contribution >= 0.6 is 0 Å². The molecule has 0 fully saturated rings. The van der Waals surface area contributed by atoms with Crippen LogP contribution in [0, 0.1) is 6.92 Å². The van der Waals surface area contributed by atoms with E-state index in [1.165, 1.54) is 37.5 Å². The Bertz CT molecular complexity index is 1590. The second kappa shape index (κ2) is 10.1. The topological polar surface area (TPSA) is 38.7 Å². The average molecular weight is 573 g/mol. The summed E-state index contributed by atoms with van der Waals surface area (Å²) in [6, 6.07) is 14.1. The van der Waals surface area contributed by atoms with Gasteiger partial charge in [0.05, 0.1) is 24.3 Å². The van der Waals surface area contributed by atoms with Crippen LogP contribution in [0.5, 0.6) is 11.5 Å². The molecular weight excluding hydrogens is 546 g/mol. The van der Waals surface area contributed by atoms with E-state index in [1.54, 1.807) is 25.1 Å². The van der Waals surface area contributed by atoms with Crippen LogP contribution in [-0.2, 0) is 24.4 Å². The third kappa shape index (κ3) is 5.14. The second-order valence-corrected chi connectivity index (χ2v) is 10.1. The summed E-state index contributed by atoms with van der Waals surface area (Å²) in [5, 5.41) is 11.6. The highest BCUT2D eigenvalue weighted by Gasteiger charge is 2.42. The van der Waals surface area contributed by atoms with Gasteiger partial charge in [0, 0.05) is 22.1 Å². The summed E-state index contributed by atoms with van der Waals surface area (Å²) in [5.41, 5.74) is -1.57. The van der Waals surface area contributed by atoms with Crippen molar-refractivity contribution in [3.63, 3.8) is 0 Å². The lowest BCUT2D eigenvalue weighted by Crippen LogP contribution is -2.35. The summed E-state index contributed by atoms with van der Waals surface area (Å²) in [4.78, 5) is 0. The first-order chi connectivity index (χ1) is 19.2. The van der Waals surface area contributed by atoms with Crippen molar-refractivity contribution in [1.82, 2.24) is 0 Å². The average Bonchev–Trinajstić information content (AvgIpc) is 2.93. The van der Waals surface area contributed by atoms with E-state index in [2.05, 4.69) is 0 Å². The Morgan fingerprint density at radius 2 is 1.44 bits per heavy atom. The highest BCUT2D eigenvalue weighted by Crippen LogP contribution is 2.49. The number of aliphatic hydroxyl groups excluding tert-OH is 1. The number of methoxy groups -OCH3 is 1. The van der Waals surface area contributed by atoms with Crippen molar-refractivity contribution < 1.29 is 40.9 Å². The molecule has 0 spiro atoms. The largest absolute Gasteiger partial charge is 0.497 e. The zero-order chi connectivity index (χ0) is 29.7. The predicted octanol–water partition coefficient (Wildman–Crippen LogP) is 8.47. The summed E-state index contributed by atoms with van der Waals surface area (Å²) in [5.74, 6) is 0.752. The molecule has 1 heterocycles. The zero-order valence-corrected chi connectivity index (χ0v) is 22.3. The number of rotatable bonds is 5. The highest BCUT2D eigenvalue weighted by molar-refractivity contribution is 5.97. The summed E-state index contributed by atoms with van der Waals surface area (Å²) >= 11 is 0. The molecule has 0 aromatic heterocycles. The van der Waals surface area contributed by atoms with Crippen molar-refractivity contribution in [3.8, 4) is 11.5 Å². The van der Waals surface area contributed by atoms with Crippen molar-refractivity contribution in [2.45, 2.75) is 44.3 Å². The molecule has 1 aliphatic heterocycles. The van der Waals surface area contributed by atoms with Gasteiger partial charge in [-0.1, -0.05) is 36.4 Å². The highest BCUT2D eigenvalue weighted by atomic mass is 19.4. The minimum absolute atomic E-state index is 0.00208. The van der Waals surface area contributed by atoms with E-state index in [0.29, 0.717) is 16.7 Å². The fourth-order valence-corrected chi connectivity index (χ4v) is 5.38. The number of fused-ring (bicyclic) bond motifs is 3. The van der Waals surface area contributed by atoms with Crippen LogP contribution < -0.4 is 9.47 Å². The Hall–Kier alpha value is -3.98. The van der Waals surface area contributed by atoms with Gasteiger partial charge in [0.15, 0.2) is 5.60 Å². The monoisotopic (exact) mass is 572 g/mol. The van der Waals surface area contributed by atoms with Crippen LogP contribution in [0.4, 0.5) is 26.3 Å². The van der Waals surface area contributed by atoms with Crippen molar-refractivity contribution >= 4 is 16.8 Å². The molecule has 1 atom stereocenters. The second-order valence-electron chi connectivity index (χ2n) is 10.1. The molecule has 4 aromatic rings. The Kier molecular flexibility index (Phi) is 7.06. The first-order valence-corrected chi connectivity index (χ1v) is 12.8. The molecule has 9 heteroatoms. The van der Waals surface area contributed by atoms with Crippen LogP contribution in [0.25, 0.3) is 16.8 Å². The fourth-order valence-electron chi connectivity index (χ4n) is 5.38. The summed E-state index contributed by atoms with van der Waals surface area (Å²) in [7, 11) is 1.48. The molecule has 0 radical (unpaired) electrons. The van der Waals surface area contributed by atoms with E-state index in [1.807, 2.05) is 13.0 Å². The van der Waals surface area contributed by atoms with Crippen molar-refractivity contribution in [1.29, 1.82) is 0 Å². The van der Waals surface area contributed by atoms with Gasteiger partial charge in [0.2, 0.25) is 0 Å². The summed E-state index contributed by atoms with van der Waals surface area (Å²) in [6.45, 7) is 3.52. The smallest absolute Gasteiger partial charge is 0.416 e. The van der Waals surface area contributed by atoms with Gasteiger partial charge >= 0.3 is 12.4 Å². The molecular formula is C32H26F6O3. The van der Waals surface area contributed by atoms with Gasteiger partial charge < -0.3 is 14.6 Å². The summed E-state index contributed by atoms with van der Waals surface area (Å²) < 4.78 is 94.8. The van der Waals surface area contributed by atoms with Gasteiger partial charge in [-0.05, 0) is 79.3 Å². The molecule has 0 bridgehead atoms. The van der Waals surface area contributed by atoms with Crippen LogP contribution in [-0.4, -0.2) is 18.3 Å². The van der Waals surface area contributed by atoms with Gasteiger partial charge in [-0.3, -0.25) is 0 Å². The SMILES string of the molecule is COc1ccc2c(C)c(CC(C)O)c3c(c2c1)OC(c1cccc(C(F)(F)F)c1)(c1cccc(C(F)(F)F)c1)C=C3. The molecule has 5 rings (SSSR count). The maximum Gasteiger partial charge on any atom is 0.416 e. The van der Waals surface area contributed by atoms with Crippen LogP contribution in [0.3, 0.4) is 0 Å². The van der Waals surface area contributed by atoms with Crippen molar-refractivity contribution in [2.24, 2.45) is 0 Å². The lowest BCUT2D eigenvalue weighted by atomic mass is 9.80. The first-order valence-electron chi connectivity index (χ1n) is 12.8. The van der Waals surface area contributed by atoms with E-state index < -0.39 is 35.2 Å².